The fraction of sp³-hybridized carbons (Fsp3) is 0.0909. The van der Waals surface area contributed by atoms with Crippen LogP contribution in [0.15, 0.2) is 36.4 Å². The van der Waals surface area contributed by atoms with Gasteiger partial charge in [-0.2, -0.15) is 0 Å². The maximum Gasteiger partial charge on any atom is 0.178 e. The SMILES string of the molecule is OC(O)c1ccc2ccc[c]c2c1. The van der Waals surface area contributed by atoms with E-state index < -0.39 is 6.29 Å². The highest BCUT2D eigenvalue weighted by Crippen LogP contribution is 2.18. The molecule has 0 heterocycles. The van der Waals surface area contributed by atoms with Crippen LogP contribution in [0.3, 0.4) is 0 Å². The highest BCUT2D eigenvalue weighted by Gasteiger charge is 2.02. The van der Waals surface area contributed by atoms with E-state index in [9.17, 15) is 0 Å². The number of aliphatic hydroxyl groups excluding tert-OH is 1. The minimum Gasteiger partial charge on any atom is -0.364 e. The van der Waals surface area contributed by atoms with Crippen LogP contribution >= 0.6 is 0 Å². The highest BCUT2D eigenvalue weighted by atomic mass is 16.5. The molecule has 0 fully saturated rings. The largest absolute Gasteiger partial charge is 0.364 e. The van der Waals surface area contributed by atoms with E-state index in [0.717, 1.165) is 10.8 Å². The highest BCUT2D eigenvalue weighted by molar-refractivity contribution is 5.82. The maximum atomic E-state index is 8.92. The molecule has 0 aliphatic rings. The van der Waals surface area contributed by atoms with Crippen molar-refractivity contribution in [3.8, 4) is 0 Å². The lowest BCUT2D eigenvalue weighted by Crippen LogP contribution is -1.93. The van der Waals surface area contributed by atoms with Crippen LogP contribution < -0.4 is 0 Å². The Morgan fingerprint density at radius 2 is 2.00 bits per heavy atom. The Hall–Kier alpha value is -1.38. The van der Waals surface area contributed by atoms with Crippen molar-refractivity contribution < 1.29 is 10.2 Å². The molecular weight excluding hydrogens is 164 g/mol. The number of rotatable bonds is 1. The lowest BCUT2D eigenvalue weighted by molar-refractivity contribution is -0.0423. The van der Waals surface area contributed by atoms with Gasteiger partial charge in [0, 0.05) is 5.56 Å². The van der Waals surface area contributed by atoms with Crippen LogP contribution in [-0.4, -0.2) is 10.2 Å². The van der Waals surface area contributed by atoms with Crippen molar-refractivity contribution in [3.05, 3.63) is 48.0 Å². The normalized spacial score (nSPS) is 11.0. The zero-order valence-electron chi connectivity index (χ0n) is 6.94. The molecule has 0 unspecified atom stereocenters. The van der Waals surface area contributed by atoms with E-state index in [1.54, 1.807) is 18.2 Å². The molecule has 0 atom stereocenters. The molecule has 0 spiro atoms. The van der Waals surface area contributed by atoms with Crippen LogP contribution in [-0.2, 0) is 0 Å². The summed E-state index contributed by atoms with van der Waals surface area (Å²) in [5.74, 6) is 0. The van der Waals surface area contributed by atoms with Crippen LogP contribution in [0.4, 0.5) is 0 Å². The number of fused-ring (bicyclic) bond motifs is 1. The van der Waals surface area contributed by atoms with Gasteiger partial charge in [-0.05, 0) is 22.9 Å². The smallest absolute Gasteiger partial charge is 0.178 e. The van der Waals surface area contributed by atoms with Gasteiger partial charge in [0.15, 0.2) is 6.29 Å². The first-order valence-corrected chi connectivity index (χ1v) is 4.04. The fourth-order valence-electron chi connectivity index (χ4n) is 1.29. The summed E-state index contributed by atoms with van der Waals surface area (Å²) >= 11 is 0. The Kier molecular flexibility index (Phi) is 2.00. The first-order valence-electron chi connectivity index (χ1n) is 4.04. The second-order valence-corrected chi connectivity index (χ2v) is 2.89. The van der Waals surface area contributed by atoms with Gasteiger partial charge in [0.2, 0.25) is 0 Å². The number of hydrogen-bond acceptors (Lipinski definition) is 2. The predicted molar refractivity (Wildman–Crippen MR) is 50.0 cm³/mol. The van der Waals surface area contributed by atoms with Crippen molar-refractivity contribution in [1.29, 1.82) is 0 Å². The molecule has 0 aliphatic carbocycles. The van der Waals surface area contributed by atoms with Crippen molar-refractivity contribution in [3.63, 3.8) is 0 Å². The summed E-state index contributed by atoms with van der Waals surface area (Å²) < 4.78 is 0. The summed E-state index contributed by atoms with van der Waals surface area (Å²) in [6.45, 7) is 0. The third-order valence-electron chi connectivity index (χ3n) is 1.99. The Morgan fingerprint density at radius 1 is 1.15 bits per heavy atom. The third kappa shape index (κ3) is 1.54. The summed E-state index contributed by atoms with van der Waals surface area (Å²) in [7, 11) is 0. The molecular formula is C11H9O2. The first-order chi connectivity index (χ1) is 6.27. The van der Waals surface area contributed by atoms with E-state index in [0.29, 0.717) is 5.56 Å². The summed E-state index contributed by atoms with van der Waals surface area (Å²) in [5, 5.41) is 19.8. The zero-order chi connectivity index (χ0) is 9.26. The van der Waals surface area contributed by atoms with Gasteiger partial charge in [-0.3, -0.25) is 0 Å². The molecule has 2 nitrogen and oxygen atoms in total. The second kappa shape index (κ2) is 3.17. The van der Waals surface area contributed by atoms with Crippen molar-refractivity contribution >= 4 is 10.8 Å². The quantitative estimate of drug-likeness (QED) is 0.643. The Balaban J connectivity index is 2.62. The Labute approximate surface area is 76.1 Å². The molecule has 2 rings (SSSR count). The molecule has 0 aliphatic heterocycles. The van der Waals surface area contributed by atoms with Gasteiger partial charge >= 0.3 is 0 Å². The standard InChI is InChI=1S/C11H9O2/c12-11(13)10-6-5-8-3-1-2-4-9(8)7-10/h1-3,5-7,11-13H. The summed E-state index contributed by atoms with van der Waals surface area (Å²) in [6.07, 6.45) is -1.40. The fourth-order valence-corrected chi connectivity index (χ4v) is 1.29. The average Bonchev–Trinajstić information content (AvgIpc) is 2.17. The van der Waals surface area contributed by atoms with Gasteiger partial charge in [0.25, 0.3) is 0 Å². The minimum atomic E-state index is -1.40. The molecule has 2 aromatic rings. The van der Waals surface area contributed by atoms with Gasteiger partial charge < -0.3 is 10.2 Å². The van der Waals surface area contributed by atoms with Gasteiger partial charge in [0.05, 0.1) is 0 Å². The van der Waals surface area contributed by atoms with E-state index in [2.05, 4.69) is 6.07 Å². The lowest BCUT2D eigenvalue weighted by Gasteiger charge is -2.04. The molecule has 2 aromatic carbocycles. The molecule has 0 amide bonds. The summed E-state index contributed by atoms with van der Waals surface area (Å²) in [4.78, 5) is 0. The Morgan fingerprint density at radius 3 is 2.77 bits per heavy atom. The predicted octanol–water partition coefficient (Wildman–Crippen LogP) is 1.62. The lowest BCUT2D eigenvalue weighted by atomic mass is 10.1. The van der Waals surface area contributed by atoms with E-state index in [-0.39, 0.29) is 0 Å². The molecule has 0 aromatic heterocycles. The average molecular weight is 173 g/mol. The molecule has 13 heavy (non-hydrogen) atoms. The van der Waals surface area contributed by atoms with Gasteiger partial charge in [-0.25, -0.2) is 0 Å². The van der Waals surface area contributed by atoms with Crippen molar-refractivity contribution in [2.24, 2.45) is 0 Å². The van der Waals surface area contributed by atoms with E-state index in [1.165, 1.54) is 0 Å². The van der Waals surface area contributed by atoms with Crippen molar-refractivity contribution in [2.45, 2.75) is 6.29 Å². The van der Waals surface area contributed by atoms with Gasteiger partial charge in [-0.15, -0.1) is 0 Å². The summed E-state index contributed by atoms with van der Waals surface area (Å²) in [6, 6.07) is 13.9. The third-order valence-corrected chi connectivity index (χ3v) is 1.99. The van der Waals surface area contributed by atoms with Crippen molar-refractivity contribution in [1.82, 2.24) is 0 Å². The molecule has 2 heteroatoms. The molecule has 0 saturated carbocycles. The van der Waals surface area contributed by atoms with Gasteiger partial charge in [0.1, 0.15) is 0 Å². The minimum absolute atomic E-state index is 0.495. The zero-order valence-corrected chi connectivity index (χ0v) is 6.94. The van der Waals surface area contributed by atoms with Crippen LogP contribution in [0.2, 0.25) is 0 Å². The van der Waals surface area contributed by atoms with Crippen LogP contribution in [0, 0.1) is 6.07 Å². The maximum absolute atomic E-state index is 8.92. The van der Waals surface area contributed by atoms with E-state index >= 15 is 0 Å². The second-order valence-electron chi connectivity index (χ2n) is 2.89. The number of hydrogen-bond donors (Lipinski definition) is 2. The van der Waals surface area contributed by atoms with Crippen LogP contribution in [0.5, 0.6) is 0 Å². The monoisotopic (exact) mass is 173 g/mol. The molecule has 1 radical (unpaired) electrons. The van der Waals surface area contributed by atoms with Crippen LogP contribution in [0.25, 0.3) is 10.8 Å². The van der Waals surface area contributed by atoms with Crippen LogP contribution in [0.1, 0.15) is 11.9 Å². The van der Waals surface area contributed by atoms with E-state index in [1.807, 2.05) is 18.2 Å². The number of benzene rings is 2. The van der Waals surface area contributed by atoms with Gasteiger partial charge in [-0.1, -0.05) is 30.3 Å². The first kappa shape index (κ1) is 8.23. The number of aliphatic hydroxyl groups is 2. The van der Waals surface area contributed by atoms with Crippen molar-refractivity contribution in [2.75, 3.05) is 0 Å². The van der Waals surface area contributed by atoms with E-state index in [4.69, 9.17) is 10.2 Å². The topological polar surface area (TPSA) is 40.5 Å². The molecule has 0 bridgehead atoms. The Bertz CT molecular complexity index is 421. The molecule has 0 saturated heterocycles. The molecule has 2 N–H and O–H groups in total. The summed E-state index contributed by atoms with van der Waals surface area (Å²) in [5.41, 5.74) is 0.495. The molecule has 65 valence electrons.